The summed E-state index contributed by atoms with van der Waals surface area (Å²) in [4.78, 5) is 11.3. The van der Waals surface area contributed by atoms with Gasteiger partial charge in [-0.05, 0) is 30.5 Å². The SMILES string of the molecule is CC(C)CC(Oc1ccc(C#N)c(C(F)(F)CF)c1)C(N)=O. The molecule has 0 saturated carbocycles. The van der Waals surface area contributed by atoms with Crippen LogP contribution in [-0.2, 0) is 10.7 Å². The van der Waals surface area contributed by atoms with Crippen LogP contribution in [0, 0.1) is 17.2 Å². The number of hydrogen-bond donors (Lipinski definition) is 1. The van der Waals surface area contributed by atoms with E-state index >= 15 is 0 Å². The van der Waals surface area contributed by atoms with Gasteiger partial charge in [0.2, 0.25) is 0 Å². The van der Waals surface area contributed by atoms with Crippen molar-refractivity contribution in [1.29, 1.82) is 5.26 Å². The van der Waals surface area contributed by atoms with E-state index < -0.39 is 30.2 Å². The zero-order valence-electron chi connectivity index (χ0n) is 12.3. The van der Waals surface area contributed by atoms with Crippen molar-refractivity contribution < 1.29 is 22.7 Å². The molecule has 22 heavy (non-hydrogen) atoms. The molecule has 1 rings (SSSR count). The predicted molar refractivity (Wildman–Crippen MR) is 74.1 cm³/mol. The normalized spacial score (nSPS) is 12.8. The molecule has 4 nitrogen and oxygen atoms in total. The number of nitrogens with zero attached hydrogens (tertiary/aromatic N) is 1. The molecule has 0 aromatic heterocycles. The molecular formula is C15H17F3N2O2. The monoisotopic (exact) mass is 314 g/mol. The van der Waals surface area contributed by atoms with Gasteiger partial charge in [-0.1, -0.05) is 13.8 Å². The number of amides is 1. The van der Waals surface area contributed by atoms with Crippen LogP contribution in [0.5, 0.6) is 5.75 Å². The van der Waals surface area contributed by atoms with Crippen molar-refractivity contribution in [3.8, 4) is 11.8 Å². The second-order valence-electron chi connectivity index (χ2n) is 5.30. The molecule has 0 saturated heterocycles. The van der Waals surface area contributed by atoms with Crippen LogP contribution in [0.2, 0.25) is 0 Å². The standard InChI is InChI=1S/C15H17F3N2O2/c1-9(2)5-13(14(20)21)22-11-4-3-10(7-19)12(6-11)15(17,18)8-16/h3-4,6,9,13H,5,8H2,1-2H3,(H2,20,21). The summed E-state index contributed by atoms with van der Waals surface area (Å²) in [5, 5.41) is 8.84. The van der Waals surface area contributed by atoms with E-state index in [0.29, 0.717) is 6.42 Å². The highest BCUT2D eigenvalue weighted by atomic mass is 19.3. The largest absolute Gasteiger partial charge is 0.481 e. The van der Waals surface area contributed by atoms with Gasteiger partial charge in [0, 0.05) is 5.56 Å². The summed E-state index contributed by atoms with van der Waals surface area (Å²) in [7, 11) is 0. The average molecular weight is 314 g/mol. The third-order valence-electron chi connectivity index (χ3n) is 2.95. The van der Waals surface area contributed by atoms with Crippen LogP contribution in [0.25, 0.3) is 0 Å². The Bertz CT molecular complexity index is 583. The van der Waals surface area contributed by atoms with Gasteiger partial charge in [0.1, 0.15) is 5.75 Å². The molecule has 0 aliphatic rings. The zero-order chi connectivity index (χ0) is 16.9. The first kappa shape index (κ1) is 17.8. The molecular weight excluding hydrogens is 297 g/mol. The topological polar surface area (TPSA) is 76.1 Å². The molecule has 1 unspecified atom stereocenters. The Balaban J connectivity index is 3.14. The molecule has 7 heteroatoms. The highest BCUT2D eigenvalue weighted by Gasteiger charge is 2.35. The summed E-state index contributed by atoms with van der Waals surface area (Å²) >= 11 is 0. The number of nitriles is 1. The lowest BCUT2D eigenvalue weighted by atomic mass is 10.0. The summed E-state index contributed by atoms with van der Waals surface area (Å²) in [5.41, 5.74) is 4.09. The summed E-state index contributed by atoms with van der Waals surface area (Å²) in [6.07, 6.45) is -0.677. The van der Waals surface area contributed by atoms with Gasteiger partial charge in [-0.15, -0.1) is 0 Å². The Morgan fingerprint density at radius 3 is 2.55 bits per heavy atom. The minimum Gasteiger partial charge on any atom is -0.481 e. The highest BCUT2D eigenvalue weighted by Crippen LogP contribution is 2.34. The summed E-state index contributed by atoms with van der Waals surface area (Å²) < 4.78 is 44.9. The van der Waals surface area contributed by atoms with Crippen LogP contribution in [0.1, 0.15) is 31.4 Å². The van der Waals surface area contributed by atoms with E-state index in [1.54, 1.807) is 6.07 Å². The van der Waals surface area contributed by atoms with E-state index in [1.807, 2.05) is 13.8 Å². The number of rotatable bonds is 7. The van der Waals surface area contributed by atoms with Crippen LogP contribution < -0.4 is 10.5 Å². The minimum atomic E-state index is -3.80. The number of benzene rings is 1. The number of carbonyl (C=O) groups is 1. The lowest BCUT2D eigenvalue weighted by molar-refractivity contribution is -0.125. The van der Waals surface area contributed by atoms with Crippen molar-refractivity contribution in [3.05, 3.63) is 29.3 Å². The summed E-state index contributed by atoms with van der Waals surface area (Å²) in [5.74, 6) is -4.49. The molecule has 120 valence electrons. The van der Waals surface area contributed by atoms with Gasteiger partial charge in [-0.25, -0.2) is 4.39 Å². The van der Waals surface area contributed by atoms with Crippen LogP contribution in [-0.4, -0.2) is 18.7 Å². The van der Waals surface area contributed by atoms with Crippen molar-refractivity contribution >= 4 is 5.91 Å². The molecule has 0 aliphatic carbocycles. The molecule has 0 heterocycles. The van der Waals surface area contributed by atoms with Crippen molar-refractivity contribution in [1.82, 2.24) is 0 Å². The molecule has 2 N–H and O–H groups in total. The lowest BCUT2D eigenvalue weighted by Crippen LogP contribution is -2.35. The van der Waals surface area contributed by atoms with Crippen LogP contribution >= 0.6 is 0 Å². The van der Waals surface area contributed by atoms with Gasteiger partial charge in [-0.2, -0.15) is 14.0 Å². The molecule has 0 aliphatic heterocycles. The first-order valence-corrected chi connectivity index (χ1v) is 6.65. The number of primary amides is 1. The lowest BCUT2D eigenvalue weighted by Gasteiger charge is -2.20. The average Bonchev–Trinajstić information content (AvgIpc) is 2.45. The zero-order valence-corrected chi connectivity index (χ0v) is 12.3. The van der Waals surface area contributed by atoms with E-state index in [-0.39, 0.29) is 17.2 Å². The number of halogens is 3. The number of alkyl halides is 3. The number of nitrogens with two attached hydrogens (primary N) is 1. The Morgan fingerprint density at radius 2 is 2.09 bits per heavy atom. The molecule has 1 amide bonds. The maximum absolute atomic E-state index is 13.5. The maximum atomic E-state index is 13.5. The number of hydrogen-bond acceptors (Lipinski definition) is 3. The Labute approximate surface area is 126 Å². The molecule has 0 radical (unpaired) electrons. The van der Waals surface area contributed by atoms with E-state index in [0.717, 1.165) is 12.1 Å². The van der Waals surface area contributed by atoms with Crippen molar-refractivity contribution in [2.75, 3.05) is 6.67 Å². The Hall–Kier alpha value is -2.23. The third-order valence-corrected chi connectivity index (χ3v) is 2.95. The van der Waals surface area contributed by atoms with E-state index in [1.165, 1.54) is 6.07 Å². The molecule has 0 bridgehead atoms. The van der Waals surface area contributed by atoms with Crippen LogP contribution in [0.15, 0.2) is 18.2 Å². The summed E-state index contributed by atoms with van der Waals surface area (Å²) in [6, 6.07) is 4.82. The van der Waals surface area contributed by atoms with Gasteiger partial charge >= 0.3 is 5.92 Å². The second kappa shape index (κ2) is 7.16. The molecule has 0 spiro atoms. The van der Waals surface area contributed by atoms with E-state index in [9.17, 15) is 18.0 Å². The third kappa shape index (κ3) is 4.38. The van der Waals surface area contributed by atoms with E-state index in [4.69, 9.17) is 15.7 Å². The summed E-state index contributed by atoms with van der Waals surface area (Å²) in [6.45, 7) is 1.76. The van der Waals surface area contributed by atoms with E-state index in [2.05, 4.69) is 0 Å². The number of carbonyl (C=O) groups excluding carboxylic acids is 1. The smallest absolute Gasteiger partial charge is 0.302 e. The molecule has 1 aromatic rings. The first-order chi connectivity index (χ1) is 10.2. The Morgan fingerprint density at radius 1 is 1.45 bits per heavy atom. The minimum absolute atomic E-state index is 0.0634. The van der Waals surface area contributed by atoms with Crippen molar-refractivity contribution in [2.45, 2.75) is 32.3 Å². The fourth-order valence-corrected chi connectivity index (χ4v) is 1.88. The molecule has 1 atom stereocenters. The van der Waals surface area contributed by atoms with Gasteiger partial charge < -0.3 is 10.5 Å². The first-order valence-electron chi connectivity index (χ1n) is 6.65. The highest BCUT2D eigenvalue weighted by molar-refractivity contribution is 5.79. The second-order valence-corrected chi connectivity index (χ2v) is 5.30. The Kier molecular flexibility index (Phi) is 5.80. The van der Waals surface area contributed by atoms with Crippen molar-refractivity contribution in [2.24, 2.45) is 11.7 Å². The predicted octanol–water partition coefficient (Wildman–Crippen LogP) is 2.90. The number of ether oxygens (including phenoxy) is 1. The van der Waals surface area contributed by atoms with Gasteiger partial charge in [0.25, 0.3) is 5.91 Å². The van der Waals surface area contributed by atoms with Crippen molar-refractivity contribution in [3.63, 3.8) is 0 Å². The molecule has 0 fully saturated rings. The quantitative estimate of drug-likeness (QED) is 0.840. The van der Waals surface area contributed by atoms with Crippen LogP contribution in [0.4, 0.5) is 13.2 Å². The molecule has 1 aromatic carbocycles. The maximum Gasteiger partial charge on any atom is 0.302 e. The van der Waals surface area contributed by atoms with Gasteiger partial charge in [0.15, 0.2) is 12.8 Å². The fourth-order valence-electron chi connectivity index (χ4n) is 1.88. The van der Waals surface area contributed by atoms with Gasteiger partial charge in [-0.3, -0.25) is 4.79 Å². The fraction of sp³-hybridized carbons (Fsp3) is 0.467. The van der Waals surface area contributed by atoms with Crippen LogP contribution in [0.3, 0.4) is 0 Å². The van der Waals surface area contributed by atoms with Gasteiger partial charge in [0.05, 0.1) is 11.6 Å².